The minimum Gasteiger partial charge on any atom is -0.356 e. The molecule has 2 fully saturated rings. The Labute approximate surface area is 92.2 Å². The first-order chi connectivity index (χ1) is 7.34. The van der Waals surface area contributed by atoms with Crippen molar-refractivity contribution in [3.05, 3.63) is 0 Å². The minimum absolute atomic E-state index is 0.255. The van der Waals surface area contributed by atoms with Gasteiger partial charge in [0.25, 0.3) is 0 Å². The molecule has 0 aromatic carbocycles. The van der Waals surface area contributed by atoms with Gasteiger partial charge >= 0.3 is 0 Å². The van der Waals surface area contributed by atoms with E-state index < -0.39 is 0 Å². The minimum atomic E-state index is 0.255. The van der Waals surface area contributed by atoms with E-state index in [1.165, 1.54) is 51.7 Å². The van der Waals surface area contributed by atoms with Gasteiger partial charge in [-0.3, -0.25) is 4.79 Å². The zero-order valence-electron chi connectivity index (χ0n) is 9.50. The van der Waals surface area contributed by atoms with E-state index in [1.54, 1.807) is 0 Å². The molecular weight excluding hydrogens is 188 g/mol. The molecule has 0 radical (unpaired) electrons. The summed E-state index contributed by atoms with van der Waals surface area (Å²) in [4.78, 5) is 13.8. The fourth-order valence-electron chi connectivity index (χ4n) is 2.65. The predicted molar refractivity (Wildman–Crippen MR) is 60.6 cm³/mol. The highest BCUT2D eigenvalue weighted by molar-refractivity contribution is 5.76. The summed E-state index contributed by atoms with van der Waals surface area (Å²) in [5, 5.41) is 2.90. The third-order valence-corrected chi connectivity index (χ3v) is 3.65. The molecule has 2 aliphatic heterocycles. The van der Waals surface area contributed by atoms with Crippen LogP contribution in [0, 0.1) is 5.92 Å². The van der Waals surface area contributed by atoms with Gasteiger partial charge in [-0.25, -0.2) is 0 Å². The number of hydrogen-bond acceptors (Lipinski definition) is 2. The van der Waals surface area contributed by atoms with Crippen LogP contribution >= 0.6 is 0 Å². The molecule has 0 saturated carbocycles. The maximum absolute atomic E-state index is 11.2. The number of nitrogens with one attached hydrogen (secondary N) is 1. The summed E-state index contributed by atoms with van der Waals surface area (Å²) in [6.45, 7) is 4.65. The van der Waals surface area contributed by atoms with E-state index in [-0.39, 0.29) is 5.91 Å². The van der Waals surface area contributed by atoms with E-state index in [1.807, 2.05) is 0 Å². The number of likely N-dealkylation sites (tertiary alicyclic amines) is 1. The standard InChI is InChI=1S/C12H22N2O/c15-12-10-11(4-6-13-12)5-9-14-7-2-1-3-8-14/h11H,1-10H2,(H,13,15). The van der Waals surface area contributed by atoms with E-state index >= 15 is 0 Å². The van der Waals surface area contributed by atoms with Gasteiger partial charge in [-0.05, 0) is 51.2 Å². The molecule has 1 N–H and O–H groups in total. The number of hydrogen-bond donors (Lipinski definition) is 1. The first kappa shape index (κ1) is 10.9. The topological polar surface area (TPSA) is 32.3 Å². The van der Waals surface area contributed by atoms with Crippen LogP contribution in [-0.4, -0.2) is 37.0 Å². The molecule has 0 bridgehead atoms. The average molecular weight is 210 g/mol. The van der Waals surface area contributed by atoms with Crippen molar-refractivity contribution < 1.29 is 4.79 Å². The van der Waals surface area contributed by atoms with Crippen molar-refractivity contribution in [2.45, 2.75) is 38.5 Å². The van der Waals surface area contributed by atoms with Crippen LogP contribution in [0.1, 0.15) is 38.5 Å². The second kappa shape index (κ2) is 5.50. The Balaban J connectivity index is 1.65. The zero-order chi connectivity index (χ0) is 10.5. The lowest BCUT2D eigenvalue weighted by atomic mass is 9.93. The van der Waals surface area contributed by atoms with E-state index in [4.69, 9.17) is 0 Å². The molecule has 3 nitrogen and oxygen atoms in total. The summed E-state index contributed by atoms with van der Waals surface area (Å²) in [6, 6.07) is 0. The molecule has 1 unspecified atom stereocenters. The second-order valence-corrected chi connectivity index (χ2v) is 4.90. The smallest absolute Gasteiger partial charge is 0.220 e. The Bertz CT molecular complexity index is 212. The van der Waals surface area contributed by atoms with Crippen LogP contribution in [0.3, 0.4) is 0 Å². The molecule has 0 spiro atoms. The second-order valence-electron chi connectivity index (χ2n) is 4.90. The fourth-order valence-corrected chi connectivity index (χ4v) is 2.65. The summed E-state index contributed by atoms with van der Waals surface area (Å²) >= 11 is 0. The van der Waals surface area contributed by atoms with E-state index in [2.05, 4.69) is 10.2 Å². The van der Waals surface area contributed by atoms with Gasteiger partial charge in [0.15, 0.2) is 0 Å². The number of carbonyl (C=O) groups is 1. The van der Waals surface area contributed by atoms with Gasteiger partial charge in [-0.2, -0.15) is 0 Å². The van der Waals surface area contributed by atoms with Gasteiger partial charge in [0, 0.05) is 13.0 Å². The predicted octanol–water partition coefficient (Wildman–Crippen LogP) is 1.39. The van der Waals surface area contributed by atoms with Crippen LogP contribution in [-0.2, 0) is 4.79 Å². The van der Waals surface area contributed by atoms with Crippen molar-refractivity contribution in [1.29, 1.82) is 0 Å². The number of nitrogens with zero attached hydrogens (tertiary/aromatic N) is 1. The van der Waals surface area contributed by atoms with Crippen molar-refractivity contribution in [1.82, 2.24) is 10.2 Å². The molecule has 2 aliphatic rings. The fraction of sp³-hybridized carbons (Fsp3) is 0.917. The lowest BCUT2D eigenvalue weighted by molar-refractivity contribution is -0.123. The molecule has 86 valence electrons. The lowest BCUT2D eigenvalue weighted by Crippen LogP contribution is -2.36. The van der Waals surface area contributed by atoms with Crippen LogP contribution in [0.5, 0.6) is 0 Å². The van der Waals surface area contributed by atoms with Crippen LogP contribution < -0.4 is 5.32 Å². The molecule has 0 aromatic rings. The molecule has 2 rings (SSSR count). The quantitative estimate of drug-likeness (QED) is 0.763. The normalized spacial score (nSPS) is 28.8. The molecule has 1 amide bonds. The molecule has 0 aliphatic carbocycles. The summed E-state index contributed by atoms with van der Waals surface area (Å²) in [7, 11) is 0. The van der Waals surface area contributed by atoms with Gasteiger partial charge in [-0.15, -0.1) is 0 Å². The van der Waals surface area contributed by atoms with Gasteiger partial charge in [0.05, 0.1) is 0 Å². The van der Waals surface area contributed by atoms with Crippen molar-refractivity contribution in [2.75, 3.05) is 26.2 Å². The van der Waals surface area contributed by atoms with Gasteiger partial charge in [0.2, 0.25) is 5.91 Å². The van der Waals surface area contributed by atoms with Crippen molar-refractivity contribution >= 4 is 5.91 Å². The third-order valence-electron chi connectivity index (χ3n) is 3.65. The van der Waals surface area contributed by atoms with Gasteiger partial charge in [0.1, 0.15) is 0 Å². The highest BCUT2D eigenvalue weighted by Crippen LogP contribution is 2.18. The largest absolute Gasteiger partial charge is 0.356 e. The number of piperidine rings is 2. The summed E-state index contributed by atoms with van der Waals surface area (Å²) in [5.74, 6) is 0.894. The van der Waals surface area contributed by atoms with E-state index in [0.29, 0.717) is 5.92 Å². The SMILES string of the molecule is O=C1CC(CCN2CCCCC2)CCN1. The number of carbonyl (C=O) groups excluding carboxylic acids is 1. The lowest BCUT2D eigenvalue weighted by Gasteiger charge is -2.29. The Morgan fingerprint density at radius 2 is 2.07 bits per heavy atom. The van der Waals surface area contributed by atoms with Crippen LogP contribution in [0.2, 0.25) is 0 Å². The Kier molecular flexibility index (Phi) is 4.01. The third kappa shape index (κ3) is 3.49. The Hall–Kier alpha value is -0.570. The molecule has 2 heterocycles. The maximum Gasteiger partial charge on any atom is 0.220 e. The monoisotopic (exact) mass is 210 g/mol. The molecule has 0 aromatic heterocycles. The van der Waals surface area contributed by atoms with E-state index in [0.717, 1.165) is 13.0 Å². The summed E-state index contributed by atoms with van der Waals surface area (Å²) in [5.41, 5.74) is 0. The molecule has 3 heteroatoms. The van der Waals surface area contributed by atoms with Gasteiger partial charge in [-0.1, -0.05) is 6.42 Å². The van der Waals surface area contributed by atoms with E-state index in [9.17, 15) is 4.79 Å². The molecule has 15 heavy (non-hydrogen) atoms. The van der Waals surface area contributed by atoms with Crippen LogP contribution in [0.25, 0.3) is 0 Å². The zero-order valence-corrected chi connectivity index (χ0v) is 9.50. The van der Waals surface area contributed by atoms with Crippen molar-refractivity contribution in [3.8, 4) is 0 Å². The highest BCUT2D eigenvalue weighted by atomic mass is 16.1. The first-order valence-electron chi connectivity index (χ1n) is 6.33. The Morgan fingerprint density at radius 1 is 1.27 bits per heavy atom. The first-order valence-corrected chi connectivity index (χ1v) is 6.33. The van der Waals surface area contributed by atoms with Crippen LogP contribution in [0.15, 0.2) is 0 Å². The summed E-state index contributed by atoms with van der Waals surface area (Å²) in [6.07, 6.45) is 7.29. The number of rotatable bonds is 3. The van der Waals surface area contributed by atoms with Crippen molar-refractivity contribution in [3.63, 3.8) is 0 Å². The Morgan fingerprint density at radius 3 is 2.80 bits per heavy atom. The average Bonchev–Trinajstić information content (AvgIpc) is 2.28. The van der Waals surface area contributed by atoms with Crippen molar-refractivity contribution in [2.24, 2.45) is 5.92 Å². The van der Waals surface area contributed by atoms with Crippen LogP contribution in [0.4, 0.5) is 0 Å². The highest BCUT2D eigenvalue weighted by Gasteiger charge is 2.20. The maximum atomic E-state index is 11.2. The molecule has 1 atom stereocenters. The number of amides is 1. The molecule has 2 saturated heterocycles. The molecular formula is C12H22N2O. The summed E-state index contributed by atoms with van der Waals surface area (Å²) < 4.78 is 0. The van der Waals surface area contributed by atoms with Gasteiger partial charge < -0.3 is 10.2 Å².